The largest absolute Gasteiger partial charge is 0.325 e. The number of benzene rings is 1. The molecule has 10 heteroatoms. The van der Waals surface area contributed by atoms with Crippen molar-refractivity contribution < 1.29 is 13.2 Å². The molecule has 0 aliphatic carbocycles. The SMILES string of the molecule is CC(C)S(=O)(=O)N1CCc2nc(NC(=O)Nc3cccc(Cl)c3)sc2C1. The number of nitrogens with zero attached hydrogens (tertiary/aromatic N) is 2. The summed E-state index contributed by atoms with van der Waals surface area (Å²) in [4.78, 5) is 17.4. The van der Waals surface area contributed by atoms with Gasteiger partial charge in [-0.2, -0.15) is 4.31 Å². The van der Waals surface area contributed by atoms with E-state index in [0.717, 1.165) is 10.6 Å². The predicted molar refractivity (Wildman–Crippen MR) is 104 cm³/mol. The van der Waals surface area contributed by atoms with Gasteiger partial charge in [0.05, 0.1) is 10.9 Å². The Morgan fingerprint density at radius 2 is 2.12 bits per heavy atom. The third kappa shape index (κ3) is 4.17. The maximum Gasteiger partial charge on any atom is 0.325 e. The number of halogens is 1. The zero-order chi connectivity index (χ0) is 18.9. The van der Waals surface area contributed by atoms with Crippen molar-refractivity contribution in [2.45, 2.75) is 32.1 Å². The minimum Gasteiger partial charge on any atom is -0.308 e. The first-order valence-electron chi connectivity index (χ1n) is 8.07. The van der Waals surface area contributed by atoms with E-state index in [-0.39, 0.29) is 0 Å². The Kier molecular flexibility index (Phi) is 5.52. The van der Waals surface area contributed by atoms with Gasteiger partial charge in [0.1, 0.15) is 0 Å². The number of carbonyl (C=O) groups is 1. The molecule has 3 rings (SSSR count). The van der Waals surface area contributed by atoms with Crippen LogP contribution in [-0.2, 0) is 23.0 Å². The fourth-order valence-corrected chi connectivity index (χ4v) is 5.11. The molecule has 1 aliphatic rings. The lowest BCUT2D eigenvalue weighted by molar-refractivity contribution is 0.262. The first-order valence-corrected chi connectivity index (χ1v) is 10.8. The summed E-state index contributed by atoms with van der Waals surface area (Å²) in [6.45, 7) is 4.05. The summed E-state index contributed by atoms with van der Waals surface area (Å²) in [6.07, 6.45) is 0.537. The Morgan fingerprint density at radius 1 is 1.35 bits per heavy atom. The van der Waals surface area contributed by atoms with Gasteiger partial charge in [0, 0.05) is 35.1 Å². The van der Waals surface area contributed by atoms with Gasteiger partial charge in [-0.25, -0.2) is 18.2 Å². The molecule has 7 nitrogen and oxygen atoms in total. The predicted octanol–water partition coefficient (Wildman–Crippen LogP) is 3.54. The van der Waals surface area contributed by atoms with E-state index >= 15 is 0 Å². The molecule has 0 radical (unpaired) electrons. The third-order valence-electron chi connectivity index (χ3n) is 3.95. The van der Waals surface area contributed by atoms with Crippen molar-refractivity contribution in [3.05, 3.63) is 39.9 Å². The Balaban J connectivity index is 1.67. The molecule has 1 aromatic heterocycles. The van der Waals surface area contributed by atoms with E-state index in [9.17, 15) is 13.2 Å². The average Bonchev–Trinajstić information content (AvgIpc) is 2.95. The van der Waals surface area contributed by atoms with Gasteiger partial charge in [0.25, 0.3) is 0 Å². The number of hydrogen-bond donors (Lipinski definition) is 2. The van der Waals surface area contributed by atoms with E-state index in [0.29, 0.717) is 35.4 Å². The average molecular weight is 415 g/mol. The van der Waals surface area contributed by atoms with Crippen molar-refractivity contribution in [1.82, 2.24) is 9.29 Å². The lowest BCUT2D eigenvalue weighted by Crippen LogP contribution is -2.39. The fraction of sp³-hybridized carbons (Fsp3) is 0.375. The monoisotopic (exact) mass is 414 g/mol. The number of thiazole rings is 1. The molecule has 0 saturated heterocycles. The first kappa shape index (κ1) is 19.1. The van der Waals surface area contributed by atoms with E-state index < -0.39 is 21.3 Å². The van der Waals surface area contributed by atoms with Crippen molar-refractivity contribution in [3.63, 3.8) is 0 Å². The van der Waals surface area contributed by atoms with Crippen molar-refractivity contribution in [2.24, 2.45) is 0 Å². The molecule has 0 fully saturated rings. The zero-order valence-corrected chi connectivity index (χ0v) is 16.7. The highest BCUT2D eigenvalue weighted by atomic mass is 35.5. The second-order valence-electron chi connectivity index (χ2n) is 6.16. The number of hydrogen-bond acceptors (Lipinski definition) is 5. The second-order valence-corrected chi connectivity index (χ2v) is 10.2. The number of sulfonamides is 1. The Labute approximate surface area is 161 Å². The van der Waals surface area contributed by atoms with Crippen LogP contribution < -0.4 is 10.6 Å². The number of nitrogens with one attached hydrogen (secondary N) is 2. The standard InChI is InChI=1S/C16H19ClN4O3S2/c1-10(2)26(23,24)21-7-6-13-14(9-21)25-16(19-13)20-15(22)18-12-5-3-4-11(17)8-12/h3-5,8,10H,6-7,9H2,1-2H3,(H2,18,19,20,22). The Bertz CT molecular complexity index is 927. The zero-order valence-electron chi connectivity index (χ0n) is 14.3. The van der Waals surface area contributed by atoms with Crippen LogP contribution in [0.25, 0.3) is 0 Å². The van der Waals surface area contributed by atoms with E-state index in [4.69, 9.17) is 11.6 Å². The van der Waals surface area contributed by atoms with Crippen LogP contribution in [-0.4, -0.2) is 35.5 Å². The molecule has 0 unspecified atom stereocenters. The minimum absolute atomic E-state index is 0.297. The lowest BCUT2D eigenvalue weighted by Gasteiger charge is -2.26. The van der Waals surface area contributed by atoms with Gasteiger partial charge in [-0.1, -0.05) is 29.0 Å². The number of carbonyl (C=O) groups excluding carboxylic acids is 1. The van der Waals surface area contributed by atoms with Crippen molar-refractivity contribution in [1.29, 1.82) is 0 Å². The van der Waals surface area contributed by atoms with E-state index in [2.05, 4.69) is 15.6 Å². The van der Waals surface area contributed by atoms with Gasteiger partial charge in [-0.3, -0.25) is 5.32 Å². The van der Waals surface area contributed by atoms with Crippen LogP contribution in [0.2, 0.25) is 5.02 Å². The van der Waals surface area contributed by atoms with Gasteiger partial charge in [0.2, 0.25) is 10.0 Å². The normalized spacial score (nSPS) is 14.9. The second kappa shape index (κ2) is 7.51. The van der Waals surface area contributed by atoms with Crippen molar-refractivity contribution in [2.75, 3.05) is 17.2 Å². The number of aromatic nitrogens is 1. The number of fused-ring (bicyclic) bond motifs is 1. The minimum atomic E-state index is -3.30. The van der Waals surface area contributed by atoms with Gasteiger partial charge < -0.3 is 5.32 Å². The highest BCUT2D eigenvalue weighted by molar-refractivity contribution is 7.89. The summed E-state index contributed by atoms with van der Waals surface area (Å²) in [5.41, 5.74) is 1.41. The first-order chi connectivity index (χ1) is 12.3. The van der Waals surface area contributed by atoms with E-state index in [1.54, 1.807) is 38.1 Å². The van der Waals surface area contributed by atoms with E-state index in [1.807, 2.05) is 0 Å². The highest BCUT2D eigenvalue weighted by Crippen LogP contribution is 2.30. The smallest absolute Gasteiger partial charge is 0.308 e. The molecule has 2 aromatic rings. The maximum absolute atomic E-state index is 12.3. The summed E-state index contributed by atoms with van der Waals surface area (Å²) in [6, 6.07) is 6.40. The van der Waals surface area contributed by atoms with Crippen LogP contribution in [0.3, 0.4) is 0 Å². The molecule has 0 saturated carbocycles. The van der Waals surface area contributed by atoms with Crippen molar-refractivity contribution >= 4 is 49.8 Å². The Hall–Kier alpha value is -1.68. The quantitative estimate of drug-likeness (QED) is 0.800. The summed E-state index contributed by atoms with van der Waals surface area (Å²) in [7, 11) is -3.30. The van der Waals surface area contributed by atoms with Crippen LogP contribution in [0, 0.1) is 0 Å². The summed E-state index contributed by atoms with van der Waals surface area (Å²) >= 11 is 7.19. The fourth-order valence-electron chi connectivity index (χ4n) is 2.57. The van der Waals surface area contributed by atoms with Crippen LogP contribution in [0.4, 0.5) is 15.6 Å². The third-order valence-corrected chi connectivity index (χ3v) is 7.41. The molecule has 1 aliphatic heterocycles. The highest BCUT2D eigenvalue weighted by Gasteiger charge is 2.31. The van der Waals surface area contributed by atoms with Crippen LogP contribution in [0.15, 0.2) is 24.3 Å². The topological polar surface area (TPSA) is 91.4 Å². The van der Waals surface area contributed by atoms with E-state index in [1.165, 1.54) is 15.6 Å². The molecule has 2 heterocycles. The number of urea groups is 1. The molecular weight excluding hydrogens is 396 g/mol. The number of rotatable bonds is 4. The molecule has 0 bridgehead atoms. The van der Waals surface area contributed by atoms with Crippen molar-refractivity contribution in [3.8, 4) is 0 Å². The summed E-state index contributed by atoms with van der Waals surface area (Å²) in [5.74, 6) is 0. The van der Waals surface area contributed by atoms with Gasteiger partial charge in [-0.15, -0.1) is 0 Å². The number of amides is 2. The van der Waals surface area contributed by atoms with Crippen LogP contribution in [0.1, 0.15) is 24.4 Å². The van der Waals surface area contributed by atoms with Gasteiger partial charge >= 0.3 is 6.03 Å². The molecule has 1 aromatic carbocycles. The molecule has 0 atom stereocenters. The van der Waals surface area contributed by atoms with Gasteiger partial charge in [-0.05, 0) is 32.0 Å². The van der Waals surface area contributed by atoms with Crippen LogP contribution >= 0.6 is 22.9 Å². The molecule has 2 N–H and O–H groups in total. The number of anilines is 2. The maximum atomic E-state index is 12.3. The summed E-state index contributed by atoms with van der Waals surface area (Å²) < 4.78 is 26.1. The molecule has 140 valence electrons. The molecule has 26 heavy (non-hydrogen) atoms. The molecular formula is C16H19ClN4O3S2. The van der Waals surface area contributed by atoms with Gasteiger partial charge in [0.15, 0.2) is 5.13 Å². The van der Waals surface area contributed by atoms with Crippen LogP contribution in [0.5, 0.6) is 0 Å². The lowest BCUT2D eigenvalue weighted by atomic mass is 10.2. The Morgan fingerprint density at radius 3 is 2.81 bits per heavy atom. The molecule has 0 spiro atoms. The molecule has 2 amide bonds. The summed E-state index contributed by atoms with van der Waals surface area (Å²) in [5, 5.41) is 5.88.